The fraction of sp³-hybridized carbons (Fsp3) is 0.476. The van der Waals surface area contributed by atoms with Crippen LogP contribution in [0, 0.1) is 6.92 Å². The van der Waals surface area contributed by atoms with Crippen molar-refractivity contribution in [2.75, 3.05) is 42.7 Å². The van der Waals surface area contributed by atoms with Crippen molar-refractivity contribution in [2.24, 2.45) is 0 Å². The molecule has 0 spiro atoms. The van der Waals surface area contributed by atoms with Crippen molar-refractivity contribution in [3.8, 4) is 0 Å². The lowest BCUT2D eigenvalue weighted by atomic mass is 10.1. The average molecular weight is 402 g/mol. The van der Waals surface area contributed by atoms with Crippen LogP contribution in [-0.2, 0) is 11.2 Å². The van der Waals surface area contributed by atoms with E-state index >= 15 is 0 Å². The summed E-state index contributed by atoms with van der Waals surface area (Å²) in [5.74, 6) is 1.43. The van der Waals surface area contributed by atoms with E-state index in [0.29, 0.717) is 11.5 Å². The summed E-state index contributed by atoms with van der Waals surface area (Å²) in [4.78, 5) is 23.7. The second-order valence-electron chi connectivity index (χ2n) is 6.47. The van der Waals surface area contributed by atoms with Crippen molar-refractivity contribution >= 4 is 29.2 Å². The normalized spacial score (nSPS) is 10.7. The number of thioether (sulfide) groups is 1. The Labute approximate surface area is 172 Å². The zero-order chi connectivity index (χ0) is 20.4. The zero-order valence-corrected chi connectivity index (χ0v) is 18.1. The molecule has 1 aromatic carbocycles. The first-order valence-electron chi connectivity index (χ1n) is 9.81. The predicted molar refractivity (Wildman–Crippen MR) is 118 cm³/mol. The molecule has 0 saturated heterocycles. The maximum atomic E-state index is 12.5. The van der Waals surface area contributed by atoms with Crippen LogP contribution in [0.1, 0.15) is 31.7 Å². The van der Waals surface area contributed by atoms with Crippen LogP contribution >= 0.6 is 11.8 Å². The van der Waals surface area contributed by atoms with Gasteiger partial charge in [-0.25, -0.2) is 9.97 Å². The number of nitrogens with one attached hydrogen (secondary N) is 2. The van der Waals surface area contributed by atoms with Gasteiger partial charge in [0.1, 0.15) is 16.5 Å². The average Bonchev–Trinajstić information content (AvgIpc) is 2.71. The Bertz CT molecular complexity index is 750. The van der Waals surface area contributed by atoms with Crippen LogP contribution in [0.2, 0.25) is 0 Å². The number of aromatic nitrogens is 2. The van der Waals surface area contributed by atoms with E-state index in [9.17, 15) is 4.79 Å². The molecule has 7 heteroatoms. The number of benzene rings is 1. The number of aryl methyl sites for hydroxylation is 2. The molecule has 0 radical (unpaired) electrons. The van der Waals surface area contributed by atoms with Crippen molar-refractivity contribution in [1.29, 1.82) is 0 Å². The molecule has 0 atom stereocenters. The van der Waals surface area contributed by atoms with Gasteiger partial charge in [-0.2, -0.15) is 0 Å². The summed E-state index contributed by atoms with van der Waals surface area (Å²) in [6.45, 7) is 8.76. The molecule has 1 heterocycles. The zero-order valence-electron chi connectivity index (χ0n) is 17.3. The van der Waals surface area contributed by atoms with Crippen LogP contribution in [0.15, 0.2) is 35.4 Å². The van der Waals surface area contributed by atoms with E-state index in [1.165, 1.54) is 17.3 Å². The Kier molecular flexibility index (Phi) is 9.23. The van der Waals surface area contributed by atoms with Crippen LogP contribution in [0.5, 0.6) is 0 Å². The van der Waals surface area contributed by atoms with Crippen molar-refractivity contribution in [2.45, 2.75) is 38.6 Å². The molecular formula is C21H31N5OS. The summed E-state index contributed by atoms with van der Waals surface area (Å²) in [6, 6.07) is 10.4. The predicted octanol–water partition coefficient (Wildman–Crippen LogP) is 3.51. The van der Waals surface area contributed by atoms with E-state index in [1.54, 1.807) is 0 Å². The van der Waals surface area contributed by atoms with Gasteiger partial charge in [0, 0.05) is 13.1 Å². The van der Waals surface area contributed by atoms with Gasteiger partial charge in [0.05, 0.1) is 6.54 Å². The molecular weight excluding hydrogens is 370 g/mol. The summed E-state index contributed by atoms with van der Waals surface area (Å²) >= 11 is 1.52. The maximum absolute atomic E-state index is 12.5. The molecule has 6 nitrogen and oxygen atoms in total. The van der Waals surface area contributed by atoms with Crippen molar-refractivity contribution in [1.82, 2.24) is 15.3 Å². The lowest BCUT2D eigenvalue weighted by Crippen LogP contribution is -2.31. The lowest BCUT2D eigenvalue weighted by molar-refractivity contribution is -0.115. The minimum absolute atomic E-state index is 0.0733. The van der Waals surface area contributed by atoms with E-state index < -0.39 is 0 Å². The fourth-order valence-corrected chi connectivity index (χ4v) is 3.56. The maximum Gasteiger partial charge on any atom is 0.238 e. The molecule has 0 aliphatic heterocycles. The van der Waals surface area contributed by atoms with Crippen molar-refractivity contribution < 1.29 is 4.79 Å². The molecule has 0 bridgehead atoms. The van der Waals surface area contributed by atoms with E-state index in [2.05, 4.69) is 63.6 Å². The highest BCUT2D eigenvalue weighted by molar-refractivity contribution is 7.98. The molecule has 0 saturated carbocycles. The molecule has 1 aromatic heterocycles. The second-order valence-corrected chi connectivity index (χ2v) is 7.26. The highest BCUT2D eigenvalue weighted by atomic mass is 32.2. The summed E-state index contributed by atoms with van der Waals surface area (Å²) in [7, 11) is 0. The molecule has 28 heavy (non-hydrogen) atoms. The third-order valence-corrected chi connectivity index (χ3v) is 5.12. The molecule has 0 aliphatic rings. The van der Waals surface area contributed by atoms with Crippen LogP contribution in [0.4, 0.5) is 11.5 Å². The Morgan fingerprint density at radius 2 is 1.86 bits per heavy atom. The highest BCUT2D eigenvalue weighted by Gasteiger charge is 2.18. The van der Waals surface area contributed by atoms with Gasteiger partial charge in [-0.3, -0.25) is 4.79 Å². The van der Waals surface area contributed by atoms with Gasteiger partial charge in [0.2, 0.25) is 5.91 Å². The molecule has 152 valence electrons. The van der Waals surface area contributed by atoms with Crippen molar-refractivity contribution in [3.63, 3.8) is 0 Å². The van der Waals surface area contributed by atoms with E-state index in [4.69, 9.17) is 0 Å². The van der Waals surface area contributed by atoms with Crippen LogP contribution < -0.4 is 15.5 Å². The quantitative estimate of drug-likeness (QED) is 0.341. The van der Waals surface area contributed by atoms with Gasteiger partial charge in [0.25, 0.3) is 0 Å². The number of anilines is 2. The Morgan fingerprint density at radius 3 is 2.50 bits per heavy atom. The summed E-state index contributed by atoms with van der Waals surface area (Å²) in [6.07, 6.45) is 3.96. The van der Waals surface area contributed by atoms with Crippen LogP contribution in [-0.4, -0.2) is 48.3 Å². The molecule has 0 unspecified atom stereocenters. The number of nitrogens with zero attached hydrogens (tertiary/aromatic N) is 3. The molecule has 2 rings (SSSR count). The molecule has 0 aliphatic carbocycles. The molecule has 1 amide bonds. The SMILES string of the molecule is CCN(CC)c1nc(C)nc(SC)c1NC(=O)CNCCCc1ccccc1. The minimum Gasteiger partial charge on any atom is -0.355 e. The first kappa shape index (κ1) is 22.2. The minimum atomic E-state index is -0.0733. The van der Waals surface area contributed by atoms with E-state index in [-0.39, 0.29) is 12.5 Å². The largest absolute Gasteiger partial charge is 0.355 e. The smallest absolute Gasteiger partial charge is 0.238 e. The first-order valence-corrected chi connectivity index (χ1v) is 11.0. The molecule has 0 fully saturated rings. The number of rotatable bonds is 11. The van der Waals surface area contributed by atoms with Gasteiger partial charge >= 0.3 is 0 Å². The van der Waals surface area contributed by atoms with Crippen molar-refractivity contribution in [3.05, 3.63) is 41.7 Å². The Balaban J connectivity index is 1.93. The number of carbonyl (C=O) groups is 1. The van der Waals surface area contributed by atoms with Crippen LogP contribution in [0.25, 0.3) is 0 Å². The summed E-state index contributed by atoms with van der Waals surface area (Å²) < 4.78 is 0. The van der Waals surface area contributed by atoms with Crippen LogP contribution in [0.3, 0.4) is 0 Å². The number of hydrogen-bond acceptors (Lipinski definition) is 6. The fourth-order valence-electron chi connectivity index (χ4n) is 2.99. The molecule has 2 aromatic rings. The number of hydrogen-bond donors (Lipinski definition) is 2. The standard InChI is InChI=1S/C21H31N5OS/c1-5-26(6-2)20-19(21(28-4)24-16(3)23-20)25-18(27)15-22-14-10-13-17-11-8-7-9-12-17/h7-9,11-12,22H,5-6,10,13-15H2,1-4H3,(H,25,27). The Hall–Kier alpha value is -2.12. The Morgan fingerprint density at radius 1 is 1.14 bits per heavy atom. The number of amides is 1. The lowest BCUT2D eigenvalue weighted by Gasteiger charge is -2.24. The monoisotopic (exact) mass is 401 g/mol. The molecule has 2 N–H and O–H groups in total. The van der Waals surface area contributed by atoms with Gasteiger partial charge in [-0.15, -0.1) is 11.8 Å². The highest BCUT2D eigenvalue weighted by Crippen LogP contribution is 2.32. The first-order chi connectivity index (χ1) is 13.6. The topological polar surface area (TPSA) is 70.2 Å². The third kappa shape index (κ3) is 6.49. The third-order valence-electron chi connectivity index (χ3n) is 4.44. The van der Waals surface area contributed by atoms with E-state index in [1.807, 2.05) is 19.2 Å². The van der Waals surface area contributed by atoms with Gasteiger partial charge in [0.15, 0.2) is 5.82 Å². The van der Waals surface area contributed by atoms with Gasteiger partial charge in [-0.05, 0) is 52.0 Å². The van der Waals surface area contributed by atoms with E-state index in [0.717, 1.165) is 43.3 Å². The second kappa shape index (κ2) is 11.7. The van der Waals surface area contributed by atoms with Gasteiger partial charge < -0.3 is 15.5 Å². The number of carbonyl (C=O) groups excluding carboxylic acids is 1. The van der Waals surface area contributed by atoms with Gasteiger partial charge in [-0.1, -0.05) is 30.3 Å². The summed E-state index contributed by atoms with van der Waals surface area (Å²) in [5, 5.41) is 7.05. The summed E-state index contributed by atoms with van der Waals surface area (Å²) in [5.41, 5.74) is 2.02.